The monoisotopic (exact) mass is 538 g/mol. The first-order valence-corrected chi connectivity index (χ1v) is 13.3. The fourth-order valence-corrected chi connectivity index (χ4v) is 4.43. The second kappa shape index (κ2) is 12.3. The van der Waals surface area contributed by atoms with Gasteiger partial charge in [0.2, 0.25) is 23.6 Å². The Hall–Kier alpha value is -2.89. The van der Waals surface area contributed by atoms with E-state index in [0.717, 1.165) is 0 Å². The molecule has 1 heterocycles. The molecule has 0 radical (unpaired) electrons. The number of likely N-dealkylation sites (N-methyl/N-ethyl adjacent to an activating group) is 2. The van der Waals surface area contributed by atoms with E-state index in [1.807, 2.05) is 13.8 Å². The quantitative estimate of drug-likeness (QED) is 0.364. The Morgan fingerprint density at radius 3 is 2.11 bits per heavy atom. The normalized spacial score (nSPS) is 20.0. The summed E-state index contributed by atoms with van der Waals surface area (Å²) in [5, 5.41) is 8.33. The molecule has 0 unspecified atom stereocenters. The van der Waals surface area contributed by atoms with E-state index in [-0.39, 0.29) is 24.3 Å². The summed E-state index contributed by atoms with van der Waals surface area (Å²) >= 11 is 0. The van der Waals surface area contributed by atoms with Crippen LogP contribution in [0.25, 0.3) is 0 Å². The molecular weight excluding hydrogens is 492 g/mol. The first kappa shape index (κ1) is 31.3. The van der Waals surface area contributed by atoms with Gasteiger partial charge in [0, 0.05) is 27.2 Å². The van der Waals surface area contributed by atoms with Crippen molar-refractivity contribution < 1.29 is 28.7 Å². The molecule has 12 nitrogen and oxygen atoms in total. The second-order valence-corrected chi connectivity index (χ2v) is 12.1. The summed E-state index contributed by atoms with van der Waals surface area (Å²) in [6, 6.07) is -2.38. The summed E-state index contributed by atoms with van der Waals surface area (Å²) in [4.78, 5) is 69.6. The molecule has 0 aromatic rings. The van der Waals surface area contributed by atoms with Crippen molar-refractivity contribution in [1.29, 1.82) is 0 Å². The predicted molar refractivity (Wildman–Crippen MR) is 142 cm³/mol. The molecule has 5 amide bonds. The van der Waals surface area contributed by atoms with E-state index in [1.165, 1.54) is 9.80 Å². The zero-order valence-corrected chi connectivity index (χ0v) is 24.3. The molecule has 38 heavy (non-hydrogen) atoms. The predicted octanol–water partition coefficient (Wildman–Crippen LogP) is 0.310. The summed E-state index contributed by atoms with van der Waals surface area (Å²) in [7, 11) is 6.83. The number of alkyl carbamates (subject to hydrolysis) is 1. The summed E-state index contributed by atoms with van der Waals surface area (Å²) in [5.41, 5.74) is -1.82. The highest BCUT2D eigenvalue weighted by Crippen LogP contribution is 2.36. The Morgan fingerprint density at radius 1 is 1.03 bits per heavy atom. The maximum Gasteiger partial charge on any atom is 0.408 e. The number of carbonyl (C=O) groups excluding carboxylic acids is 5. The van der Waals surface area contributed by atoms with Crippen LogP contribution in [-0.4, -0.2) is 115 Å². The Bertz CT molecular complexity index is 908. The van der Waals surface area contributed by atoms with Crippen LogP contribution < -0.4 is 16.0 Å². The molecule has 1 aliphatic heterocycles. The van der Waals surface area contributed by atoms with Crippen LogP contribution in [0, 0.1) is 5.92 Å². The van der Waals surface area contributed by atoms with Gasteiger partial charge in [0.05, 0.1) is 0 Å². The van der Waals surface area contributed by atoms with E-state index in [0.29, 0.717) is 32.2 Å². The molecule has 0 spiro atoms. The van der Waals surface area contributed by atoms with E-state index >= 15 is 0 Å². The van der Waals surface area contributed by atoms with Crippen molar-refractivity contribution in [2.45, 2.75) is 89.6 Å². The molecule has 2 aliphatic rings. The van der Waals surface area contributed by atoms with Crippen LogP contribution in [0.1, 0.15) is 60.3 Å². The van der Waals surface area contributed by atoms with E-state index in [9.17, 15) is 24.0 Å². The SMILES string of the molecule is CC(C)[C@H](NC(=O)C1(NC(=O)[C@H]2CCCN2C(=O)[C@H](CN(C)C)NC(=O)OC(C)(C)C)CC1)C(=O)N(C)C. The molecular formula is C26H46N6O6. The topological polar surface area (TPSA) is 140 Å². The molecule has 2 rings (SSSR count). The third-order valence-electron chi connectivity index (χ3n) is 6.58. The summed E-state index contributed by atoms with van der Waals surface area (Å²) in [5.74, 6) is -1.54. The smallest absolute Gasteiger partial charge is 0.408 e. The summed E-state index contributed by atoms with van der Waals surface area (Å²) in [6.07, 6.45) is 1.27. The van der Waals surface area contributed by atoms with Gasteiger partial charge in [-0.15, -0.1) is 0 Å². The van der Waals surface area contributed by atoms with Crippen LogP contribution in [0.5, 0.6) is 0 Å². The lowest BCUT2D eigenvalue weighted by Gasteiger charge is -2.32. The number of nitrogens with zero attached hydrogens (tertiary/aromatic N) is 3. The molecule has 3 atom stereocenters. The number of likely N-dealkylation sites (tertiary alicyclic amines) is 1. The van der Waals surface area contributed by atoms with Crippen molar-refractivity contribution in [3.8, 4) is 0 Å². The molecule has 12 heteroatoms. The number of ether oxygens (including phenoxy) is 1. The highest BCUT2D eigenvalue weighted by Gasteiger charge is 2.53. The Kier molecular flexibility index (Phi) is 10.2. The van der Waals surface area contributed by atoms with Gasteiger partial charge in [-0.3, -0.25) is 19.2 Å². The van der Waals surface area contributed by atoms with Gasteiger partial charge in [-0.05, 0) is 66.5 Å². The first-order chi connectivity index (χ1) is 17.5. The largest absolute Gasteiger partial charge is 0.444 e. The Balaban J connectivity index is 2.11. The Labute approximate surface area is 226 Å². The van der Waals surface area contributed by atoms with Gasteiger partial charge in [-0.2, -0.15) is 0 Å². The van der Waals surface area contributed by atoms with Crippen LogP contribution in [-0.2, 0) is 23.9 Å². The van der Waals surface area contributed by atoms with E-state index in [2.05, 4.69) is 16.0 Å². The van der Waals surface area contributed by atoms with Gasteiger partial charge >= 0.3 is 6.09 Å². The van der Waals surface area contributed by atoms with Gasteiger partial charge in [0.15, 0.2) is 0 Å². The van der Waals surface area contributed by atoms with Crippen LogP contribution in [0.2, 0.25) is 0 Å². The average Bonchev–Trinajstić information content (AvgIpc) is 3.38. The van der Waals surface area contributed by atoms with Crippen molar-refractivity contribution in [3.63, 3.8) is 0 Å². The van der Waals surface area contributed by atoms with Crippen LogP contribution in [0.15, 0.2) is 0 Å². The minimum Gasteiger partial charge on any atom is -0.444 e. The van der Waals surface area contributed by atoms with Crippen molar-refractivity contribution in [2.24, 2.45) is 5.92 Å². The highest BCUT2D eigenvalue weighted by atomic mass is 16.6. The summed E-state index contributed by atoms with van der Waals surface area (Å²) in [6.45, 7) is 9.50. The number of hydrogen-bond donors (Lipinski definition) is 3. The molecule has 216 valence electrons. The fraction of sp³-hybridized carbons (Fsp3) is 0.808. The molecule has 1 saturated heterocycles. The minimum atomic E-state index is -1.09. The van der Waals surface area contributed by atoms with Crippen molar-refractivity contribution in [2.75, 3.05) is 41.3 Å². The molecule has 2 fully saturated rings. The number of carbonyl (C=O) groups is 5. The highest BCUT2D eigenvalue weighted by molar-refractivity contribution is 5.99. The molecule has 0 aromatic carbocycles. The minimum absolute atomic E-state index is 0.130. The van der Waals surface area contributed by atoms with Crippen molar-refractivity contribution in [1.82, 2.24) is 30.7 Å². The number of hydrogen-bond acceptors (Lipinski definition) is 7. The number of nitrogens with one attached hydrogen (secondary N) is 3. The molecule has 1 aliphatic carbocycles. The molecule has 0 aromatic heterocycles. The number of rotatable bonds is 10. The van der Waals surface area contributed by atoms with Gasteiger partial charge < -0.3 is 35.4 Å². The zero-order chi connectivity index (χ0) is 29.0. The summed E-state index contributed by atoms with van der Waals surface area (Å²) < 4.78 is 5.33. The van der Waals surface area contributed by atoms with Gasteiger partial charge in [-0.1, -0.05) is 13.8 Å². The fourth-order valence-electron chi connectivity index (χ4n) is 4.43. The van der Waals surface area contributed by atoms with Crippen molar-refractivity contribution in [3.05, 3.63) is 0 Å². The standard InChI is InChI=1S/C26H46N6O6/c1-16(2)19(22(35)31(8)9)28-23(36)26(12-13-26)29-20(33)18-11-10-14-32(18)21(34)17(15-30(6)7)27-24(37)38-25(3,4)5/h16-19H,10-15H2,1-9H3,(H,27,37)(H,28,36)(H,29,33)/t17-,18+,19-/m0/s1. The Morgan fingerprint density at radius 2 is 1.63 bits per heavy atom. The lowest BCUT2D eigenvalue weighted by atomic mass is 10.0. The third kappa shape index (κ3) is 8.31. The average molecular weight is 539 g/mol. The van der Waals surface area contributed by atoms with Crippen LogP contribution in [0.3, 0.4) is 0 Å². The van der Waals surface area contributed by atoms with E-state index < -0.39 is 47.2 Å². The van der Waals surface area contributed by atoms with Crippen LogP contribution in [0.4, 0.5) is 4.79 Å². The zero-order valence-electron chi connectivity index (χ0n) is 24.3. The van der Waals surface area contributed by atoms with E-state index in [1.54, 1.807) is 53.9 Å². The molecule has 3 N–H and O–H groups in total. The van der Waals surface area contributed by atoms with Crippen LogP contribution >= 0.6 is 0 Å². The van der Waals surface area contributed by atoms with Gasteiger partial charge in [0.1, 0.15) is 29.3 Å². The lowest BCUT2D eigenvalue weighted by molar-refractivity contribution is -0.142. The van der Waals surface area contributed by atoms with Crippen molar-refractivity contribution >= 4 is 29.7 Å². The third-order valence-corrected chi connectivity index (χ3v) is 6.58. The maximum absolute atomic E-state index is 13.5. The second-order valence-electron chi connectivity index (χ2n) is 12.1. The number of amides is 5. The van der Waals surface area contributed by atoms with E-state index in [4.69, 9.17) is 4.74 Å². The first-order valence-electron chi connectivity index (χ1n) is 13.3. The van der Waals surface area contributed by atoms with Gasteiger partial charge in [0.25, 0.3) is 0 Å². The van der Waals surface area contributed by atoms with Gasteiger partial charge in [-0.25, -0.2) is 4.79 Å². The molecule has 1 saturated carbocycles. The molecule has 0 bridgehead atoms. The maximum atomic E-state index is 13.5. The lowest BCUT2D eigenvalue weighted by Crippen LogP contribution is -2.60.